The van der Waals surface area contributed by atoms with Crippen molar-refractivity contribution in [2.75, 3.05) is 0 Å². The van der Waals surface area contributed by atoms with E-state index in [9.17, 15) is 0 Å². The van der Waals surface area contributed by atoms with E-state index in [0.29, 0.717) is 0 Å². The van der Waals surface area contributed by atoms with Gasteiger partial charge in [-0.15, -0.1) is 11.3 Å². The molecule has 30 heavy (non-hydrogen) atoms. The topological polar surface area (TPSA) is 12.0 Å². The molecule has 0 radical (unpaired) electrons. The molecule has 1 unspecified atom stereocenters. The highest BCUT2D eigenvalue weighted by Crippen LogP contribution is 2.41. The number of nitrogens with one attached hydrogen (secondary N) is 1. The van der Waals surface area contributed by atoms with Gasteiger partial charge in [-0.05, 0) is 47.4 Å². The van der Waals surface area contributed by atoms with E-state index in [1.54, 1.807) is 5.20 Å². The van der Waals surface area contributed by atoms with E-state index < -0.39 is 8.07 Å². The van der Waals surface area contributed by atoms with Crippen molar-refractivity contribution in [2.24, 2.45) is 0 Å². The van der Waals surface area contributed by atoms with Gasteiger partial charge in [0.2, 0.25) is 0 Å². The van der Waals surface area contributed by atoms with E-state index in [0.717, 1.165) is 0 Å². The minimum atomic E-state index is -1.54. The van der Waals surface area contributed by atoms with E-state index in [2.05, 4.69) is 111 Å². The van der Waals surface area contributed by atoms with E-state index in [1.165, 1.54) is 42.4 Å². The SMILES string of the molecule is Cc1cc2sc3ccccc3c2cc1C1NC=C(c2ccccc2)C=C1[Si](C)(C)C. The molecule has 1 aromatic heterocycles. The lowest BCUT2D eigenvalue weighted by Crippen LogP contribution is -2.35. The Balaban J connectivity index is 1.65. The molecule has 3 aromatic carbocycles. The van der Waals surface area contributed by atoms with Crippen molar-refractivity contribution in [3.05, 3.63) is 101 Å². The highest BCUT2D eigenvalue weighted by molar-refractivity contribution is 7.25. The first-order valence-corrected chi connectivity index (χ1v) is 14.9. The maximum Gasteiger partial charge on any atom is 0.0756 e. The third-order valence-corrected chi connectivity index (χ3v) is 9.38. The molecule has 1 atom stereocenters. The molecule has 150 valence electrons. The van der Waals surface area contributed by atoms with Crippen molar-refractivity contribution in [2.45, 2.75) is 32.6 Å². The van der Waals surface area contributed by atoms with E-state index in [4.69, 9.17) is 0 Å². The smallest absolute Gasteiger partial charge is 0.0756 e. The van der Waals surface area contributed by atoms with Crippen molar-refractivity contribution in [1.29, 1.82) is 0 Å². The first-order valence-electron chi connectivity index (χ1n) is 10.6. The molecule has 0 fully saturated rings. The first-order chi connectivity index (χ1) is 14.4. The second-order valence-corrected chi connectivity index (χ2v) is 15.4. The number of allylic oxidation sites excluding steroid dienone is 2. The highest BCUT2D eigenvalue weighted by atomic mass is 32.1. The van der Waals surface area contributed by atoms with Crippen molar-refractivity contribution in [3.63, 3.8) is 0 Å². The fourth-order valence-electron chi connectivity index (χ4n) is 4.46. The molecule has 0 saturated heterocycles. The van der Waals surface area contributed by atoms with E-state index in [1.807, 2.05) is 11.3 Å². The number of hydrogen-bond donors (Lipinski definition) is 1. The molecule has 1 aliphatic rings. The Morgan fingerprint density at radius 1 is 0.833 bits per heavy atom. The first kappa shape index (κ1) is 19.3. The average molecular weight is 426 g/mol. The summed E-state index contributed by atoms with van der Waals surface area (Å²) in [4.78, 5) is 0. The number of benzene rings is 3. The molecule has 3 heteroatoms. The molecule has 0 bridgehead atoms. The lowest BCUT2D eigenvalue weighted by atomic mass is 9.94. The Morgan fingerprint density at radius 3 is 2.33 bits per heavy atom. The van der Waals surface area contributed by atoms with Crippen LogP contribution in [0.2, 0.25) is 19.6 Å². The molecule has 0 aliphatic carbocycles. The predicted molar refractivity (Wildman–Crippen MR) is 136 cm³/mol. The molecule has 1 nitrogen and oxygen atoms in total. The van der Waals surface area contributed by atoms with Crippen LogP contribution < -0.4 is 5.32 Å². The number of dihydropyridines is 1. The van der Waals surface area contributed by atoms with Gasteiger partial charge in [0.25, 0.3) is 0 Å². The summed E-state index contributed by atoms with van der Waals surface area (Å²) in [6.45, 7) is 9.62. The second-order valence-electron chi connectivity index (χ2n) is 9.22. The summed E-state index contributed by atoms with van der Waals surface area (Å²) in [6, 6.07) is 24.5. The maximum absolute atomic E-state index is 3.79. The largest absolute Gasteiger partial charge is 0.380 e. The number of rotatable bonds is 3. The van der Waals surface area contributed by atoms with Crippen LogP contribution in [0.3, 0.4) is 0 Å². The van der Waals surface area contributed by atoms with Gasteiger partial charge in [-0.25, -0.2) is 0 Å². The third kappa shape index (κ3) is 3.32. The summed E-state index contributed by atoms with van der Waals surface area (Å²) in [5.41, 5.74) is 5.33. The van der Waals surface area contributed by atoms with Crippen LogP contribution in [0.4, 0.5) is 0 Å². The number of aryl methyl sites for hydroxylation is 1. The van der Waals surface area contributed by atoms with Gasteiger partial charge >= 0.3 is 0 Å². The van der Waals surface area contributed by atoms with E-state index >= 15 is 0 Å². The molecule has 5 rings (SSSR count). The van der Waals surface area contributed by atoms with Gasteiger partial charge in [0, 0.05) is 26.4 Å². The van der Waals surface area contributed by atoms with Crippen LogP contribution in [0.15, 0.2) is 84.2 Å². The highest BCUT2D eigenvalue weighted by Gasteiger charge is 2.31. The summed E-state index contributed by atoms with van der Waals surface area (Å²) >= 11 is 1.90. The van der Waals surface area contributed by atoms with Gasteiger partial charge in [-0.2, -0.15) is 0 Å². The molecule has 0 spiro atoms. The van der Waals surface area contributed by atoms with Crippen molar-refractivity contribution >= 4 is 45.2 Å². The van der Waals surface area contributed by atoms with Gasteiger partial charge < -0.3 is 5.32 Å². The molecule has 1 N–H and O–H groups in total. The van der Waals surface area contributed by atoms with Crippen LogP contribution in [0.25, 0.3) is 25.7 Å². The average Bonchev–Trinajstić information content (AvgIpc) is 3.10. The zero-order chi connectivity index (χ0) is 20.9. The fraction of sp³-hybridized carbons (Fsp3) is 0.185. The van der Waals surface area contributed by atoms with Crippen LogP contribution in [-0.4, -0.2) is 8.07 Å². The number of fused-ring (bicyclic) bond motifs is 3. The molecule has 2 heterocycles. The van der Waals surface area contributed by atoms with E-state index in [-0.39, 0.29) is 6.04 Å². The van der Waals surface area contributed by atoms with Crippen molar-refractivity contribution < 1.29 is 0 Å². The molecular weight excluding hydrogens is 398 g/mol. The van der Waals surface area contributed by atoms with Crippen LogP contribution in [0, 0.1) is 6.92 Å². The zero-order valence-corrected chi connectivity index (χ0v) is 19.8. The minimum Gasteiger partial charge on any atom is -0.380 e. The van der Waals surface area contributed by atoms with Crippen LogP contribution in [-0.2, 0) is 0 Å². The summed E-state index contributed by atoms with van der Waals surface area (Å²) < 4.78 is 2.75. The number of hydrogen-bond acceptors (Lipinski definition) is 2. The summed E-state index contributed by atoms with van der Waals surface area (Å²) in [7, 11) is -1.54. The zero-order valence-electron chi connectivity index (χ0n) is 18.0. The quantitative estimate of drug-likeness (QED) is 0.329. The van der Waals surface area contributed by atoms with Gasteiger partial charge in [0.1, 0.15) is 0 Å². The summed E-state index contributed by atoms with van der Waals surface area (Å²) in [6.07, 6.45) is 4.66. The Bertz CT molecular complexity index is 1310. The van der Waals surface area contributed by atoms with Crippen molar-refractivity contribution in [3.8, 4) is 0 Å². The molecule has 1 aliphatic heterocycles. The molecular formula is C27H27NSSi. The normalized spacial score (nSPS) is 17.0. The monoisotopic (exact) mass is 425 g/mol. The molecule has 0 saturated carbocycles. The fourth-order valence-corrected chi connectivity index (χ4v) is 7.34. The Morgan fingerprint density at radius 2 is 1.57 bits per heavy atom. The number of thiophene rings is 1. The molecule has 4 aromatic rings. The second kappa shape index (κ2) is 7.26. The Kier molecular flexibility index (Phi) is 4.68. The lowest BCUT2D eigenvalue weighted by molar-refractivity contribution is 0.726. The summed E-state index contributed by atoms with van der Waals surface area (Å²) in [5.74, 6) is 0. The summed E-state index contributed by atoms with van der Waals surface area (Å²) in [5, 5.41) is 8.10. The third-order valence-electron chi connectivity index (χ3n) is 6.08. The predicted octanol–water partition coefficient (Wildman–Crippen LogP) is 7.85. The van der Waals surface area contributed by atoms with Gasteiger partial charge in [0.15, 0.2) is 0 Å². The minimum absolute atomic E-state index is 0.243. The van der Waals surface area contributed by atoms with Gasteiger partial charge in [0.05, 0.1) is 14.1 Å². The Hall–Kier alpha value is -2.62. The van der Waals surface area contributed by atoms with Crippen LogP contribution >= 0.6 is 11.3 Å². The lowest BCUT2D eigenvalue weighted by Gasteiger charge is -2.34. The maximum atomic E-state index is 3.79. The molecule has 0 amide bonds. The standard InChI is InChI=1S/C27H27NSSi/c1-18-14-25-23(21-12-8-9-13-24(21)29-25)16-22(18)27-26(30(2,3)4)15-20(17-28-27)19-10-6-5-7-11-19/h5-17,27-28H,1-4H3. The van der Waals surface area contributed by atoms with Crippen LogP contribution in [0.5, 0.6) is 0 Å². The van der Waals surface area contributed by atoms with Gasteiger partial charge in [-0.1, -0.05) is 79.4 Å². The van der Waals surface area contributed by atoms with Crippen molar-refractivity contribution in [1.82, 2.24) is 5.32 Å². The van der Waals surface area contributed by atoms with Gasteiger partial charge in [-0.3, -0.25) is 0 Å². The Labute approximate surface area is 183 Å². The van der Waals surface area contributed by atoms with Crippen LogP contribution in [0.1, 0.15) is 22.7 Å².